The zero-order valence-electron chi connectivity index (χ0n) is 25.7. The number of piperidine rings is 1. The van der Waals surface area contributed by atoms with Gasteiger partial charge in [-0.25, -0.2) is 19.6 Å². The van der Waals surface area contributed by atoms with E-state index in [1.807, 2.05) is 75.4 Å². The number of rotatable bonds is 5. The number of para-hydroxylation sites is 1. The fourth-order valence-corrected chi connectivity index (χ4v) is 5.23. The van der Waals surface area contributed by atoms with Crippen molar-refractivity contribution in [3.8, 4) is 34.5 Å². The highest BCUT2D eigenvalue weighted by atomic mass is 16.6. The number of anilines is 1. The van der Waals surface area contributed by atoms with Crippen LogP contribution in [0.2, 0.25) is 0 Å². The largest absolute Gasteiger partial charge is 0.467 e. The van der Waals surface area contributed by atoms with E-state index in [2.05, 4.69) is 21.8 Å². The molecule has 228 valence electrons. The summed E-state index contributed by atoms with van der Waals surface area (Å²) in [6.07, 6.45) is 2.46. The number of ether oxygens (including phenoxy) is 3. The van der Waals surface area contributed by atoms with Crippen LogP contribution in [-0.2, 0) is 14.3 Å². The van der Waals surface area contributed by atoms with Crippen LogP contribution in [0.3, 0.4) is 0 Å². The maximum Gasteiger partial charge on any atom is 0.410 e. The van der Waals surface area contributed by atoms with Crippen molar-refractivity contribution in [3.05, 3.63) is 66.6 Å². The maximum atomic E-state index is 12.8. The summed E-state index contributed by atoms with van der Waals surface area (Å²) in [7, 11) is 1.35. The molecule has 0 saturated carbocycles. The highest BCUT2D eigenvalue weighted by molar-refractivity contribution is 6.04. The van der Waals surface area contributed by atoms with E-state index in [1.165, 1.54) is 13.4 Å². The second kappa shape index (κ2) is 12.7. The number of fused-ring (bicyclic) bond motifs is 1. The first-order valence-corrected chi connectivity index (χ1v) is 14.6. The molecule has 0 bridgehead atoms. The number of hydrogen-bond donors (Lipinski definition) is 1. The van der Waals surface area contributed by atoms with Crippen LogP contribution in [0.25, 0.3) is 22.2 Å². The molecule has 0 aliphatic carbocycles. The topological polar surface area (TPSA) is 122 Å². The Labute approximate surface area is 257 Å². The van der Waals surface area contributed by atoms with E-state index < -0.39 is 17.6 Å². The van der Waals surface area contributed by atoms with E-state index in [-0.39, 0.29) is 17.8 Å². The smallest absolute Gasteiger partial charge is 0.410 e. The van der Waals surface area contributed by atoms with E-state index in [0.29, 0.717) is 48.4 Å². The molecule has 5 rings (SSSR count). The molecule has 1 unspecified atom stereocenters. The van der Waals surface area contributed by atoms with Crippen LogP contribution in [0.15, 0.2) is 60.9 Å². The third-order valence-electron chi connectivity index (χ3n) is 7.41. The number of nitrogens with zero attached hydrogens (tertiary/aromatic N) is 4. The Bertz CT molecular complexity index is 1710. The van der Waals surface area contributed by atoms with Crippen molar-refractivity contribution in [3.63, 3.8) is 0 Å². The third-order valence-corrected chi connectivity index (χ3v) is 7.41. The molecule has 1 saturated heterocycles. The number of aromatic nitrogens is 3. The van der Waals surface area contributed by atoms with Gasteiger partial charge in [-0.3, -0.25) is 0 Å². The summed E-state index contributed by atoms with van der Waals surface area (Å²) >= 11 is 0. The van der Waals surface area contributed by atoms with E-state index in [1.54, 1.807) is 16.4 Å². The summed E-state index contributed by atoms with van der Waals surface area (Å²) in [4.78, 5) is 35.9. The van der Waals surface area contributed by atoms with Crippen LogP contribution in [0.1, 0.15) is 52.3 Å². The van der Waals surface area contributed by atoms with Crippen molar-refractivity contribution in [2.75, 3.05) is 25.9 Å². The van der Waals surface area contributed by atoms with Crippen LogP contribution in [0.4, 0.5) is 10.6 Å². The minimum Gasteiger partial charge on any atom is -0.467 e. The molecule has 10 heteroatoms. The predicted octanol–water partition coefficient (Wildman–Crippen LogP) is 6.21. The minimum atomic E-state index is -0.732. The molecule has 2 aromatic heterocycles. The zero-order chi connectivity index (χ0) is 31.4. The van der Waals surface area contributed by atoms with Gasteiger partial charge >= 0.3 is 12.1 Å². The van der Waals surface area contributed by atoms with Crippen molar-refractivity contribution < 1.29 is 23.8 Å². The second-order valence-electron chi connectivity index (χ2n) is 11.7. The van der Waals surface area contributed by atoms with Gasteiger partial charge in [-0.1, -0.05) is 36.3 Å². The Morgan fingerprint density at radius 1 is 1.00 bits per heavy atom. The molecular formula is C34H37N5O5. The fourth-order valence-electron chi connectivity index (χ4n) is 5.23. The Morgan fingerprint density at radius 3 is 2.30 bits per heavy atom. The highest BCUT2D eigenvalue weighted by Crippen LogP contribution is 2.39. The van der Waals surface area contributed by atoms with Crippen LogP contribution < -0.4 is 10.5 Å². The van der Waals surface area contributed by atoms with Crippen LogP contribution in [0, 0.1) is 17.8 Å². The predicted molar refractivity (Wildman–Crippen MR) is 168 cm³/mol. The second-order valence-corrected chi connectivity index (χ2v) is 11.7. The lowest BCUT2D eigenvalue weighted by atomic mass is 9.96. The number of nitrogens with two attached hydrogens (primary N) is 1. The van der Waals surface area contributed by atoms with Gasteiger partial charge in [0.25, 0.3) is 0 Å². The van der Waals surface area contributed by atoms with E-state index in [0.717, 1.165) is 16.9 Å². The average molecular weight is 596 g/mol. The van der Waals surface area contributed by atoms with Crippen molar-refractivity contribution in [2.45, 2.75) is 52.2 Å². The number of carbonyl (C=O) groups excluding carboxylic acids is 2. The van der Waals surface area contributed by atoms with Crippen LogP contribution >= 0.6 is 0 Å². The number of carbonyl (C=O) groups is 2. The lowest BCUT2D eigenvalue weighted by Crippen LogP contribution is -2.41. The number of methoxy groups -OCH3 is 1. The number of likely N-dealkylation sites (tertiary alicyclic amines) is 1. The Hall–Kier alpha value is -5.04. The Kier molecular flexibility index (Phi) is 8.76. The molecular weight excluding hydrogens is 558 g/mol. The van der Waals surface area contributed by atoms with E-state index in [4.69, 9.17) is 19.9 Å². The first kappa shape index (κ1) is 30.4. The summed E-state index contributed by atoms with van der Waals surface area (Å²) in [5.74, 6) is 8.06. The third kappa shape index (κ3) is 6.62. The summed E-state index contributed by atoms with van der Waals surface area (Å²) in [5, 5.41) is 0.601. The lowest BCUT2D eigenvalue weighted by molar-refractivity contribution is -0.143. The molecule has 1 aliphatic heterocycles. The lowest BCUT2D eigenvalue weighted by Gasteiger charge is -2.31. The van der Waals surface area contributed by atoms with Gasteiger partial charge in [0.05, 0.1) is 12.5 Å². The average Bonchev–Trinajstić information content (AvgIpc) is 3.34. The van der Waals surface area contributed by atoms with Crippen molar-refractivity contribution in [2.24, 2.45) is 5.92 Å². The molecule has 44 heavy (non-hydrogen) atoms. The van der Waals surface area contributed by atoms with Crippen molar-refractivity contribution in [1.29, 1.82) is 0 Å². The monoisotopic (exact) mass is 595 g/mol. The van der Waals surface area contributed by atoms with E-state index >= 15 is 0 Å². The van der Waals surface area contributed by atoms with Gasteiger partial charge in [-0.05, 0) is 76.3 Å². The van der Waals surface area contributed by atoms with Gasteiger partial charge in [-0.15, -0.1) is 0 Å². The number of nitrogen functional groups attached to an aromatic ring is 1. The Morgan fingerprint density at radius 2 is 1.66 bits per heavy atom. The molecule has 2 N–H and O–H groups in total. The molecule has 4 aromatic rings. The quantitative estimate of drug-likeness (QED) is 0.214. The van der Waals surface area contributed by atoms with Gasteiger partial charge < -0.3 is 29.4 Å². The van der Waals surface area contributed by atoms with Gasteiger partial charge in [-0.2, -0.15) is 0 Å². The first-order valence-electron chi connectivity index (χ1n) is 14.6. The standard InChI is InChI=1S/C34H37N5O5/c1-22(32(40)42-5)39-27(16-11-23-17-19-38(20-18-23)33(41)44-34(2,3)4)28(29-30(35)36-21-37-31(29)39)24-12-14-26(15-13-24)43-25-9-7-6-8-10-25/h6-10,12-15,21-23H,17-20H2,1-5H3,(H2,35,36,37). The van der Waals surface area contributed by atoms with Gasteiger partial charge in [0.15, 0.2) is 0 Å². The van der Waals surface area contributed by atoms with Gasteiger partial charge in [0.2, 0.25) is 0 Å². The molecule has 3 heterocycles. The molecule has 1 aliphatic rings. The maximum absolute atomic E-state index is 12.8. The van der Waals surface area contributed by atoms with Crippen LogP contribution in [0.5, 0.6) is 11.5 Å². The number of esters is 1. The molecule has 10 nitrogen and oxygen atoms in total. The first-order chi connectivity index (χ1) is 21.1. The summed E-state index contributed by atoms with van der Waals surface area (Å²) in [6, 6.07) is 16.4. The summed E-state index contributed by atoms with van der Waals surface area (Å²) in [5.41, 5.74) is 8.49. The van der Waals surface area contributed by atoms with E-state index in [9.17, 15) is 9.59 Å². The molecule has 1 fully saturated rings. The van der Waals surface area contributed by atoms with Crippen molar-refractivity contribution in [1.82, 2.24) is 19.4 Å². The molecule has 0 radical (unpaired) electrons. The van der Waals surface area contributed by atoms with Gasteiger partial charge in [0.1, 0.15) is 46.6 Å². The number of amides is 1. The van der Waals surface area contributed by atoms with Crippen molar-refractivity contribution >= 4 is 28.9 Å². The van der Waals surface area contributed by atoms with Gasteiger partial charge in [0, 0.05) is 24.6 Å². The zero-order valence-corrected chi connectivity index (χ0v) is 25.7. The van der Waals surface area contributed by atoms with Crippen LogP contribution in [-0.4, -0.2) is 57.3 Å². The summed E-state index contributed by atoms with van der Waals surface area (Å²) < 4.78 is 18.4. The fraction of sp³-hybridized carbons (Fsp3) is 0.353. The number of hydrogen-bond acceptors (Lipinski definition) is 8. The minimum absolute atomic E-state index is 0.0338. The highest BCUT2D eigenvalue weighted by Gasteiger charge is 2.29. The molecule has 2 aromatic carbocycles. The molecule has 1 atom stereocenters. The Balaban J connectivity index is 1.54. The normalized spacial score (nSPS) is 14.4. The number of benzene rings is 2. The summed E-state index contributed by atoms with van der Waals surface area (Å²) in [6.45, 7) is 8.41. The molecule has 0 spiro atoms. The molecule has 1 amide bonds. The SMILES string of the molecule is COC(=O)C(C)n1c(C#CC2CCN(C(=O)OC(C)(C)C)CC2)c(-c2ccc(Oc3ccccc3)cc2)c2c(N)ncnc21.